The van der Waals surface area contributed by atoms with Crippen LogP contribution in [0.25, 0.3) is 0 Å². The molecular weight excluding hydrogens is 298 g/mol. The monoisotopic (exact) mass is 315 g/mol. The van der Waals surface area contributed by atoms with E-state index < -0.39 is 15.3 Å². The van der Waals surface area contributed by atoms with Gasteiger partial charge in [-0.1, -0.05) is 13.8 Å². The van der Waals surface area contributed by atoms with Crippen molar-refractivity contribution >= 4 is 26.9 Å². The van der Waals surface area contributed by atoms with Crippen molar-refractivity contribution < 1.29 is 13.2 Å². The summed E-state index contributed by atoms with van der Waals surface area (Å²) in [4.78, 5) is 11.2. The average molecular weight is 316 g/mol. The lowest BCUT2D eigenvalue weighted by Gasteiger charge is -2.34. The van der Waals surface area contributed by atoms with Crippen LogP contribution in [0.2, 0.25) is 0 Å². The standard InChI is InChI=1S/C14H18ClNO3S/c1-10-7-11(2)9-16(8-10)20(18,19)13-5-3-12(4-6-13)14(15)17/h3-6,10-11H,7-9H2,1-2H3/t10-,11-/m0/s1. The summed E-state index contributed by atoms with van der Waals surface area (Å²) >= 11 is 5.36. The first-order valence-corrected chi connectivity index (χ1v) is 8.42. The van der Waals surface area contributed by atoms with E-state index in [1.165, 1.54) is 28.6 Å². The van der Waals surface area contributed by atoms with E-state index in [9.17, 15) is 13.2 Å². The molecule has 0 aliphatic carbocycles. The Morgan fingerprint density at radius 2 is 1.65 bits per heavy atom. The van der Waals surface area contributed by atoms with Crippen LogP contribution in [0.1, 0.15) is 30.6 Å². The summed E-state index contributed by atoms with van der Waals surface area (Å²) in [6.07, 6.45) is 1.05. The molecule has 110 valence electrons. The topological polar surface area (TPSA) is 54.5 Å². The van der Waals surface area contributed by atoms with Crippen LogP contribution in [0, 0.1) is 11.8 Å². The Kier molecular flexibility index (Phi) is 4.52. The number of rotatable bonds is 3. The molecule has 1 aromatic carbocycles. The van der Waals surface area contributed by atoms with E-state index in [0.717, 1.165) is 6.42 Å². The second kappa shape index (κ2) is 5.84. The van der Waals surface area contributed by atoms with E-state index in [1.54, 1.807) is 0 Å². The van der Waals surface area contributed by atoms with Gasteiger partial charge in [-0.15, -0.1) is 0 Å². The molecule has 0 bridgehead atoms. The molecule has 1 aliphatic heterocycles. The van der Waals surface area contributed by atoms with E-state index in [-0.39, 0.29) is 4.90 Å². The van der Waals surface area contributed by atoms with Crippen LogP contribution >= 0.6 is 11.6 Å². The summed E-state index contributed by atoms with van der Waals surface area (Å²) in [6.45, 7) is 5.21. The third kappa shape index (κ3) is 3.22. The quantitative estimate of drug-likeness (QED) is 0.806. The normalized spacial score (nSPS) is 24.6. The fourth-order valence-corrected chi connectivity index (χ4v) is 4.51. The first-order valence-electron chi connectivity index (χ1n) is 6.60. The molecule has 20 heavy (non-hydrogen) atoms. The Morgan fingerprint density at radius 1 is 1.15 bits per heavy atom. The number of nitrogens with zero attached hydrogens (tertiary/aromatic N) is 1. The number of hydrogen-bond donors (Lipinski definition) is 0. The highest BCUT2D eigenvalue weighted by atomic mass is 35.5. The predicted octanol–water partition coefficient (Wildman–Crippen LogP) is 2.73. The van der Waals surface area contributed by atoms with Gasteiger partial charge in [-0.3, -0.25) is 4.79 Å². The van der Waals surface area contributed by atoms with Crippen molar-refractivity contribution in [1.29, 1.82) is 0 Å². The molecule has 0 unspecified atom stereocenters. The molecular formula is C14H18ClNO3S. The summed E-state index contributed by atoms with van der Waals surface area (Å²) in [7, 11) is -3.49. The molecule has 0 aromatic heterocycles. The van der Waals surface area contributed by atoms with Gasteiger partial charge in [0.2, 0.25) is 10.0 Å². The van der Waals surface area contributed by atoms with Crippen LogP contribution in [0.4, 0.5) is 0 Å². The lowest BCUT2D eigenvalue weighted by Crippen LogP contribution is -2.42. The fourth-order valence-electron chi connectivity index (χ4n) is 2.71. The highest BCUT2D eigenvalue weighted by molar-refractivity contribution is 7.89. The Hall–Kier alpha value is -0.910. The fraction of sp³-hybridized carbons (Fsp3) is 0.500. The predicted molar refractivity (Wildman–Crippen MR) is 78.3 cm³/mol. The van der Waals surface area contributed by atoms with Gasteiger partial charge < -0.3 is 0 Å². The van der Waals surface area contributed by atoms with Crippen LogP contribution in [0.3, 0.4) is 0 Å². The first kappa shape index (κ1) is 15.5. The van der Waals surface area contributed by atoms with Gasteiger partial charge in [0.05, 0.1) is 4.90 Å². The number of piperidine rings is 1. The number of halogens is 1. The highest BCUT2D eigenvalue weighted by Gasteiger charge is 2.31. The van der Waals surface area contributed by atoms with Crippen molar-refractivity contribution in [1.82, 2.24) is 4.31 Å². The Bertz CT molecular complexity index is 587. The number of hydrogen-bond acceptors (Lipinski definition) is 3. The number of carbonyl (C=O) groups excluding carboxylic acids is 1. The van der Waals surface area contributed by atoms with Crippen LogP contribution in [-0.2, 0) is 10.0 Å². The minimum Gasteiger partial charge on any atom is -0.276 e. The lowest BCUT2D eigenvalue weighted by molar-refractivity contribution is 0.108. The Morgan fingerprint density at radius 3 is 2.10 bits per heavy atom. The maximum atomic E-state index is 12.6. The maximum absolute atomic E-state index is 12.6. The lowest BCUT2D eigenvalue weighted by atomic mass is 9.94. The highest BCUT2D eigenvalue weighted by Crippen LogP contribution is 2.26. The van der Waals surface area contributed by atoms with Gasteiger partial charge in [-0.05, 0) is 54.1 Å². The molecule has 1 heterocycles. The van der Waals surface area contributed by atoms with Crippen molar-refractivity contribution in [3.05, 3.63) is 29.8 Å². The third-order valence-corrected chi connectivity index (χ3v) is 5.62. The molecule has 0 N–H and O–H groups in total. The summed E-state index contributed by atoms with van der Waals surface area (Å²) in [5.41, 5.74) is 0.297. The average Bonchev–Trinajstić information content (AvgIpc) is 2.37. The van der Waals surface area contributed by atoms with Gasteiger partial charge >= 0.3 is 0 Å². The zero-order valence-corrected chi connectivity index (χ0v) is 13.1. The van der Waals surface area contributed by atoms with Gasteiger partial charge in [-0.25, -0.2) is 8.42 Å². The summed E-state index contributed by atoms with van der Waals surface area (Å²) in [6, 6.07) is 5.77. The minimum atomic E-state index is -3.49. The van der Waals surface area contributed by atoms with Crippen LogP contribution in [0.15, 0.2) is 29.2 Å². The van der Waals surface area contributed by atoms with Gasteiger partial charge in [0.25, 0.3) is 5.24 Å². The van der Waals surface area contributed by atoms with Crippen molar-refractivity contribution in [3.8, 4) is 0 Å². The molecule has 0 spiro atoms. The zero-order valence-electron chi connectivity index (χ0n) is 11.5. The zero-order chi connectivity index (χ0) is 14.9. The van der Waals surface area contributed by atoms with Gasteiger partial charge in [0.15, 0.2) is 0 Å². The molecule has 1 saturated heterocycles. The van der Waals surface area contributed by atoms with Crippen LogP contribution in [-0.4, -0.2) is 31.1 Å². The van der Waals surface area contributed by atoms with Gasteiger partial charge in [0.1, 0.15) is 0 Å². The van der Waals surface area contributed by atoms with Crippen LogP contribution in [0.5, 0.6) is 0 Å². The van der Waals surface area contributed by atoms with Crippen molar-refractivity contribution in [2.45, 2.75) is 25.2 Å². The van der Waals surface area contributed by atoms with E-state index in [1.807, 2.05) is 0 Å². The largest absolute Gasteiger partial charge is 0.276 e. The molecule has 2 rings (SSSR count). The van der Waals surface area contributed by atoms with E-state index in [0.29, 0.717) is 30.5 Å². The Labute approximate surface area is 124 Å². The summed E-state index contributed by atoms with van der Waals surface area (Å²) in [5, 5.41) is -0.589. The number of carbonyl (C=O) groups is 1. The van der Waals surface area contributed by atoms with E-state index >= 15 is 0 Å². The SMILES string of the molecule is C[C@H]1C[C@H](C)CN(S(=O)(=O)c2ccc(C(=O)Cl)cc2)C1. The number of sulfonamides is 1. The minimum absolute atomic E-state index is 0.209. The molecule has 1 aromatic rings. The second-order valence-electron chi connectivity index (χ2n) is 5.57. The van der Waals surface area contributed by atoms with Crippen molar-refractivity contribution in [2.24, 2.45) is 11.8 Å². The molecule has 4 nitrogen and oxygen atoms in total. The molecule has 1 aliphatic rings. The molecule has 0 radical (unpaired) electrons. The maximum Gasteiger partial charge on any atom is 0.252 e. The molecule has 1 fully saturated rings. The van der Waals surface area contributed by atoms with Crippen molar-refractivity contribution in [2.75, 3.05) is 13.1 Å². The van der Waals surface area contributed by atoms with E-state index in [4.69, 9.17) is 11.6 Å². The molecule has 0 saturated carbocycles. The van der Waals surface area contributed by atoms with E-state index in [2.05, 4.69) is 13.8 Å². The van der Waals surface area contributed by atoms with Gasteiger partial charge in [0, 0.05) is 18.7 Å². The van der Waals surface area contributed by atoms with Gasteiger partial charge in [-0.2, -0.15) is 4.31 Å². The van der Waals surface area contributed by atoms with Crippen LogP contribution < -0.4 is 0 Å². The number of benzene rings is 1. The first-order chi connectivity index (χ1) is 9.30. The molecule has 6 heteroatoms. The smallest absolute Gasteiger partial charge is 0.252 e. The van der Waals surface area contributed by atoms with Crippen molar-refractivity contribution in [3.63, 3.8) is 0 Å². The Balaban J connectivity index is 2.27. The summed E-state index contributed by atoms with van der Waals surface area (Å²) < 4.78 is 26.7. The second-order valence-corrected chi connectivity index (χ2v) is 7.85. The molecule has 0 amide bonds. The summed E-state index contributed by atoms with van der Waals surface area (Å²) in [5.74, 6) is 0.717. The third-order valence-electron chi connectivity index (χ3n) is 3.55. The molecule has 2 atom stereocenters.